The predicted molar refractivity (Wildman–Crippen MR) is 489 cm³/mol. The quantitative estimate of drug-likeness (QED) is 0.0247. The number of para-hydroxylation sites is 2. The number of aromatic amines is 1. The molecule has 0 saturated carbocycles. The number of likely N-dealkylation sites (N-methyl/N-ethyl adjacent to an activating group) is 2. The number of hydrogen-bond donors (Lipinski definition) is 20. The molecule has 5 aromatic rings. The maximum atomic E-state index is 15.9. The molecule has 0 unspecified atom stereocenters. The first kappa shape index (κ1) is 105. The molecular formula is C89H124N22O23S. The average molecular weight is 1900 g/mol. The number of phenolic OH excluding ortho intramolecular Hbond substituents is 1. The fourth-order valence-corrected chi connectivity index (χ4v) is 18.1. The van der Waals surface area contributed by atoms with Crippen molar-refractivity contribution in [2.24, 2.45) is 28.7 Å². The summed E-state index contributed by atoms with van der Waals surface area (Å²) >= 11 is 0.753. The first-order chi connectivity index (χ1) is 64.4. The van der Waals surface area contributed by atoms with E-state index in [-0.39, 0.29) is 83.2 Å². The molecular weight excluding hydrogens is 1780 g/mol. The number of nitrogens with zero attached hydrogens (tertiary/aromatic N) is 6. The number of unbranched alkanes of at least 4 members (excludes halogenated alkanes) is 2. The monoisotopic (exact) mass is 1900 g/mol. The van der Waals surface area contributed by atoms with Gasteiger partial charge in [-0.05, 0) is 105 Å². The molecule has 46 heteroatoms. The smallest absolute Gasteiger partial charge is 0.323 e. The molecule has 0 bridgehead atoms. The molecule has 15 atom stereocenters. The van der Waals surface area contributed by atoms with Gasteiger partial charge in [0, 0.05) is 119 Å². The number of carbonyl (C=O) groups is 19. The van der Waals surface area contributed by atoms with Crippen LogP contribution in [0.25, 0.3) is 21.8 Å². The van der Waals surface area contributed by atoms with E-state index in [0.717, 1.165) is 31.4 Å². The van der Waals surface area contributed by atoms with Crippen molar-refractivity contribution in [3.63, 3.8) is 0 Å². The number of phenols is 1. The predicted octanol–water partition coefficient (Wildman–Crippen LogP) is -4.97. The maximum Gasteiger partial charge on any atom is 0.323 e. The van der Waals surface area contributed by atoms with Gasteiger partial charge in [0.25, 0.3) is 0 Å². The molecule has 4 fully saturated rings. The van der Waals surface area contributed by atoms with Gasteiger partial charge in [0.15, 0.2) is 0 Å². The third-order valence-corrected chi connectivity index (χ3v) is 25.4. The minimum Gasteiger partial charge on any atom is -0.508 e. The lowest BCUT2D eigenvalue weighted by Gasteiger charge is -2.38. The van der Waals surface area contributed by atoms with E-state index in [0.29, 0.717) is 70.6 Å². The molecule has 0 aliphatic carbocycles. The maximum absolute atomic E-state index is 15.9. The highest BCUT2D eigenvalue weighted by Gasteiger charge is 2.47. The Hall–Kier alpha value is -13.3. The van der Waals surface area contributed by atoms with Crippen LogP contribution in [0.3, 0.4) is 0 Å². The van der Waals surface area contributed by atoms with Crippen molar-refractivity contribution in [2.75, 3.05) is 71.4 Å². The van der Waals surface area contributed by atoms with Crippen molar-refractivity contribution in [1.82, 2.24) is 87.2 Å². The second kappa shape index (κ2) is 50.1. The lowest BCUT2D eigenvalue weighted by atomic mass is 9.97. The molecule has 3 aromatic carbocycles. The molecule has 17 amide bonds. The minimum absolute atomic E-state index is 0.0253. The molecule has 6 heterocycles. The van der Waals surface area contributed by atoms with Gasteiger partial charge in [-0.25, -0.2) is 0 Å². The zero-order valence-corrected chi connectivity index (χ0v) is 76.6. The number of nitrogens with two attached hydrogens (primary N) is 5. The molecule has 734 valence electrons. The van der Waals surface area contributed by atoms with Gasteiger partial charge in [-0.1, -0.05) is 88.1 Å². The molecule has 4 aliphatic rings. The van der Waals surface area contributed by atoms with E-state index in [2.05, 4.69) is 58.2 Å². The molecule has 135 heavy (non-hydrogen) atoms. The van der Waals surface area contributed by atoms with Crippen LogP contribution in [0.2, 0.25) is 0 Å². The average Bonchev–Trinajstić information content (AvgIpc) is 1.70. The molecule has 4 aliphatic heterocycles. The van der Waals surface area contributed by atoms with Crippen molar-refractivity contribution in [1.29, 1.82) is 0 Å². The highest BCUT2D eigenvalue weighted by Crippen LogP contribution is 2.30. The van der Waals surface area contributed by atoms with Gasteiger partial charge in [-0.15, -0.1) is 11.8 Å². The Kier molecular flexibility index (Phi) is 39.1. The standard InChI is InChI=1S/C89H124N22O23S/c1-5-7-19-66-81(126)103-63(40-92)80(125)105-64(76(121)96-42-72(94)115)46-135-47-73(116)97-59(34-48-24-26-51(112)27-25-48)87(132)109-32-14-13-22-67(109)82(127)102-61(38-71(93)114)88(133)110-33-15-23-68(110)83(128)104-62(39-91)79(124)99-57(28-29-74(117)118)86(131)111-44-52(113)37-70(111)84(129)100-58(35-49-41-95-55-18-11-9-16-53(49)55)78(123)98-56(30-31-90)77(122)101-60(85(130)107(4)69(20-8-6-2)89(134)106(66)3)36-50-43-108(45-75(119)120)65-21-12-10-17-54(50)65/h9-12,16-18,21,24-27,41,43,52,56-64,66-70,95,112-113H,5-8,13-15,19-20,22-23,28-40,42,44-47,90-92H2,1-4H3,(H2,93,114)(H2,94,115)(H,96,121)(H,97,116)(H,98,123)(H,99,124)(H,100,129)(H,101,122)(H,102,127)(H,103,126)(H,104,128)(H,105,125)(H,117,118)(H,119,120)/t52-,56+,57+,58+,59-,60+,61+,62+,63+,64+,66+,67+,68+,69+,70+/m1/s1. The van der Waals surface area contributed by atoms with Crippen LogP contribution in [-0.2, 0) is 117 Å². The summed E-state index contributed by atoms with van der Waals surface area (Å²) in [7, 11) is 2.60. The first-order valence-electron chi connectivity index (χ1n) is 45.1. The molecule has 4 saturated heterocycles. The highest BCUT2D eigenvalue weighted by molar-refractivity contribution is 8.00. The Balaban J connectivity index is 1.10. The van der Waals surface area contributed by atoms with Crippen LogP contribution in [-0.4, -0.2) is 329 Å². The third kappa shape index (κ3) is 28.6. The second-order valence-corrected chi connectivity index (χ2v) is 35.2. The van der Waals surface area contributed by atoms with Gasteiger partial charge in [0.05, 0.1) is 24.8 Å². The zero-order chi connectivity index (χ0) is 98.6. The lowest BCUT2D eigenvalue weighted by Crippen LogP contribution is -2.62. The van der Waals surface area contributed by atoms with Crippen LogP contribution in [0.15, 0.2) is 85.2 Å². The number of H-pyrrole nitrogens is 1. The van der Waals surface area contributed by atoms with Crippen molar-refractivity contribution in [2.45, 2.75) is 233 Å². The number of primary amides is 2. The van der Waals surface area contributed by atoms with E-state index in [4.69, 9.17) is 28.7 Å². The number of thioether (sulfide) groups is 1. The van der Waals surface area contributed by atoms with Gasteiger partial charge in [0.2, 0.25) is 100 Å². The van der Waals surface area contributed by atoms with Crippen LogP contribution in [0.4, 0.5) is 0 Å². The number of benzene rings is 3. The number of aliphatic hydroxyl groups is 1. The number of aromatic nitrogens is 2. The van der Waals surface area contributed by atoms with Gasteiger partial charge in [0.1, 0.15) is 96.9 Å². The fourth-order valence-electron chi connectivity index (χ4n) is 17.2. The number of aliphatic carboxylic acids is 2. The van der Waals surface area contributed by atoms with Crippen molar-refractivity contribution in [3.05, 3.63) is 102 Å². The summed E-state index contributed by atoms with van der Waals surface area (Å²) in [4.78, 5) is 283. The Bertz CT molecular complexity index is 5150. The minimum atomic E-state index is -1.85. The van der Waals surface area contributed by atoms with Gasteiger partial charge in [-0.3, -0.25) is 91.1 Å². The molecule has 45 nitrogen and oxygen atoms in total. The molecule has 9 rings (SSSR count). The van der Waals surface area contributed by atoms with Crippen LogP contribution in [0, 0.1) is 0 Å². The lowest BCUT2D eigenvalue weighted by molar-refractivity contribution is -0.149. The van der Waals surface area contributed by atoms with Crippen LogP contribution < -0.4 is 81.8 Å². The summed E-state index contributed by atoms with van der Waals surface area (Å²) in [5, 5.41) is 68.5. The summed E-state index contributed by atoms with van der Waals surface area (Å²) in [6.45, 7) is -0.167. The van der Waals surface area contributed by atoms with Gasteiger partial charge < -0.3 is 136 Å². The van der Waals surface area contributed by atoms with E-state index in [1.54, 1.807) is 61.7 Å². The summed E-state index contributed by atoms with van der Waals surface area (Å²) in [5.41, 5.74) is 31.9. The van der Waals surface area contributed by atoms with E-state index < -0.39 is 279 Å². The first-order valence-corrected chi connectivity index (χ1v) is 46.3. The number of hydrogen-bond acceptors (Lipinski definition) is 25. The molecule has 2 aromatic heterocycles. The third-order valence-electron chi connectivity index (χ3n) is 24.3. The van der Waals surface area contributed by atoms with Crippen LogP contribution in [0.5, 0.6) is 5.75 Å². The Morgan fingerprint density at radius 3 is 1.67 bits per heavy atom. The SMILES string of the molecule is CCCC[C@H]1C(=O)N(C)[C@@H](CCCC)C(=O)N[C@@H](CN)C(=O)N[C@H](C(=O)NCC(N)=O)CSCC(=O)N[C@H](Cc2ccc(O)cc2)C(=O)N2CCCC[C@H]2C(=O)N[C@@H](CC(N)=O)C(=O)N2CCC[C@H]2C(=O)N[C@@H](CN)C(=O)N[C@@H](CCC(=O)O)C(=O)N2C[C@H](O)C[C@H]2C(=O)N[C@@H](Cc2c[nH]c3ccccc23)C(=O)N[C@@H](CCN)C(=O)N[C@@H](Cc2cn(CC(=O)O)c3ccccc23)C(=O)N1C. The number of rotatable bonds is 26. The summed E-state index contributed by atoms with van der Waals surface area (Å²) in [6, 6.07) is -3.57. The normalized spacial score (nSPS) is 25.2. The number of aliphatic hydroxyl groups excluding tert-OH is 1. The Morgan fingerprint density at radius 2 is 1.04 bits per heavy atom. The van der Waals surface area contributed by atoms with E-state index in [1.165, 1.54) is 54.0 Å². The largest absolute Gasteiger partial charge is 0.508 e. The Labute approximate surface area is 781 Å². The molecule has 0 radical (unpaired) electrons. The number of carbonyl (C=O) groups excluding carboxylic acids is 17. The van der Waals surface area contributed by atoms with Crippen molar-refractivity contribution < 1.29 is 112 Å². The number of carboxylic acid groups (broad SMARTS) is 2. The number of aromatic hydroxyl groups is 1. The highest BCUT2D eigenvalue weighted by atomic mass is 32.2. The summed E-state index contributed by atoms with van der Waals surface area (Å²) < 4.78 is 1.41. The zero-order valence-electron chi connectivity index (χ0n) is 75.8. The van der Waals surface area contributed by atoms with E-state index in [9.17, 15) is 78.0 Å². The second-order valence-electron chi connectivity index (χ2n) is 34.1. The van der Waals surface area contributed by atoms with E-state index >= 15 is 33.6 Å². The molecule has 25 N–H and O–H groups in total. The number of nitrogens with one attached hydrogen (secondary N) is 11. The number of amides is 17. The fraction of sp³-hybridized carbons (Fsp3) is 0.539. The van der Waals surface area contributed by atoms with Crippen molar-refractivity contribution >= 4 is 146 Å². The topological polar surface area (TPSA) is 693 Å². The van der Waals surface area contributed by atoms with Crippen LogP contribution >= 0.6 is 11.8 Å². The van der Waals surface area contributed by atoms with Crippen LogP contribution in [0.1, 0.15) is 133 Å². The number of piperidine rings is 1. The van der Waals surface area contributed by atoms with E-state index in [1.807, 2.05) is 6.92 Å². The van der Waals surface area contributed by atoms with Gasteiger partial charge >= 0.3 is 11.9 Å². The summed E-state index contributed by atoms with van der Waals surface area (Å²) in [6.07, 6.45) is -0.496. The van der Waals surface area contributed by atoms with Crippen molar-refractivity contribution in [3.8, 4) is 5.75 Å². The number of fused-ring (bicyclic) bond motifs is 5. The Morgan fingerprint density at radius 1 is 0.504 bits per heavy atom. The van der Waals surface area contributed by atoms with Gasteiger partial charge in [-0.2, -0.15) is 0 Å². The molecule has 0 spiro atoms. The summed E-state index contributed by atoms with van der Waals surface area (Å²) in [5.74, 6) is -20.7. The number of carboxylic acids is 2.